The monoisotopic (exact) mass is 437 g/mol. The van der Waals surface area contributed by atoms with E-state index in [4.69, 9.17) is 23.2 Å². The quantitative estimate of drug-likeness (QED) is 0.565. The van der Waals surface area contributed by atoms with E-state index in [0.717, 1.165) is 9.80 Å². The van der Waals surface area contributed by atoms with Crippen LogP contribution < -0.4 is 9.80 Å². The van der Waals surface area contributed by atoms with E-state index < -0.39 is 23.6 Å². The van der Waals surface area contributed by atoms with Gasteiger partial charge in [-0.25, -0.2) is 14.8 Å². The number of rotatable bonds is 2. The molecule has 1 aromatic heterocycles. The van der Waals surface area contributed by atoms with Crippen LogP contribution in [0.25, 0.3) is 0 Å². The minimum Gasteiger partial charge on any atom is -0.268 e. The lowest BCUT2D eigenvalue weighted by molar-refractivity contribution is 0.0912. The molecule has 2 aliphatic rings. The average Bonchev–Trinajstić information content (AvgIpc) is 3.14. The van der Waals surface area contributed by atoms with E-state index in [1.807, 2.05) is 0 Å². The molecule has 9 heteroatoms. The molecule has 7 nitrogen and oxygen atoms in total. The second-order valence-corrected chi connectivity index (χ2v) is 7.38. The SMILES string of the molecule is O=C1c2cccc(Cl)c2C(=O)N1c1cccc(N2C(=O)c3cccc(Cl)c3C2=O)n1. The largest absolute Gasteiger partial charge is 0.268 e. The maximum atomic E-state index is 12.8. The molecular formula is C21H9Cl2N3O4. The van der Waals surface area contributed by atoms with Gasteiger partial charge in [0.25, 0.3) is 23.6 Å². The third-order valence-electron chi connectivity index (χ3n) is 4.91. The summed E-state index contributed by atoms with van der Waals surface area (Å²) in [6.45, 7) is 0. The summed E-state index contributed by atoms with van der Waals surface area (Å²) in [6, 6.07) is 13.5. The minimum absolute atomic E-state index is 0.0302. The first-order valence-corrected chi connectivity index (χ1v) is 9.47. The van der Waals surface area contributed by atoms with Gasteiger partial charge in [-0.2, -0.15) is 0 Å². The lowest BCUT2D eigenvalue weighted by Gasteiger charge is -2.17. The van der Waals surface area contributed by atoms with E-state index in [1.165, 1.54) is 42.5 Å². The van der Waals surface area contributed by atoms with Crippen LogP contribution in [0.4, 0.5) is 11.6 Å². The number of carbonyl (C=O) groups is 4. The number of anilines is 2. The number of amides is 4. The fraction of sp³-hybridized carbons (Fsp3) is 0. The van der Waals surface area contributed by atoms with Gasteiger partial charge in [0.2, 0.25) is 0 Å². The first kappa shape index (κ1) is 18.5. The number of halogens is 2. The fourth-order valence-electron chi connectivity index (χ4n) is 3.57. The Morgan fingerprint density at radius 2 is 0.967 bits per heavy atom. The summed E-state index contributed by atoms with van der Waals surface area (Å²) < 4.78 is 0. The Hall–Kier alpha value is -3.55. The molecule has 5 rings (SSSR count). The van der Waals surface area contributed by atoms with Gasteiger partial charge in [0.15, 0.2) is 0 Å². The molecule has 0 N–H and O–H groups in total. The van der Waals surface area contributed by atoms with Crippen LogP contribution in [0, 0.1) is 0 Å². The average molecular weight is 438 g/mol. The van der Waals surface area contributed by atoms with Crippen molar-refractivity contribution in [1.29, 1.82) is 0 Å². The second-order valence-electron chi connectivity index (χ2n) is 6.57. The number of aromatic nitrogens is 1. The minimum atomic E-state index is -0.629. The smallest absolute Gasteiger partial charge is 0.268 e. The first-order valence-electron chi connectivity index (χ1n) is 8.72. The molecule has 0 unspecified atom stereocenters. The number of pyridine rings is 1. The van der Waals surface area contributed by atoms with Crippen molar-refractivity contribution in [3.63, 3.8) is 0 Å². The van der Waals surface area contributed by atoms with E-state index >= 15 is 0 Å². The standard InChI is InChI=1S/C21H9Cl2N3O4/c22-12-6-1-4-10-16(12)20(29)25(18(10)27)14-8-3-9-15(24-14)26-19(28)11-5-2-7-13(23)17(11)21(26)30/h1-9H. The van der Waals surface area contributed by atoms with Gasteiger partial charge in [-0.15, -0.1) is 0 Å². The summed E-state index contributed by atoms with van der Waals surface area (Å²) in [5.41, 5.74) is 0.493. The van der Waals surface area contributed by atoms with Crippen molar-refractivity contribution in [3.8, 4) is 0 Å². The maximum Gasteiger partial charge on any atom is 0.268 e. The van der Waals surface area contributed by atoms with Crippen LogP contribution >= 0.6 is 23.2 Å². The van der Waals surface area contributed by atoms with Gasteiger partial charge in [0, 0.05) is 0 Å². The Kier molecular flexibility index (Phi) is 3.99. The van der Waals surface area contributed by atoms with Crippen molar-refractivity contribution in [2.75, 3.05) is 9.80 Å². The highest BCUT2D eigenvalue weighted by Crippen LogP contribution is 2.35. The Labute approximate surface area is 179 Å². The van der Waals surface area contributed by atoms with Gasteiger partial charge < -0.3 is 0 Å². The van der Waals surface area contributed by atoms with Crippen LogP contribution in [0.1, 0.15) is 41.4 Å². The molecule has 0 bridgehead atoms. The molecule has 0 spiro atoms. The summed E-state index contributed by atoms with van der Waals surface area (Å²) in [4.78, 5) is 57.2. The van der Waals surface area contributed by atoms with Gasteiger partial charge in [0.1, 0.15) is 11.6 Å². The Morgan fingerprint density at radius 3 is 1.37 bits per heavy atom. The highest BCUT2D eigenvalue weighted by atomic mass is 35.5. The third kappa shape index (κ3) is 2.43. The molecule has 2 aromatic carbocycles. The molecule has 0 radical (unpaired) electrons. The fourth-order valence-corrected chi connectivity index (χ4v) is 4.08. The van der Waals surface area contributed by atoms with Crippen LogP contribution in [-0.4, -0.2) is 28.6 Å². The molecule has 30 heavy (non-hydrogen) atoms. The molecule has 0 saturated heterocycles. The zero-order valence-electron chi connectivity index (χ0n) is 14.9. The van der Waals surface area contributed by atoms with Crippen molar-refractivity contribution in [2.24, 2.45) is 0 Å². The molecular weight excluding hydrogens is 429 g/mol. The number of benzene rings is 2. The van der Waals surface area contributed by atoms with E-state index in [1.54, 1.807) is 12.1 Å². The molecule has 0 aliphatic carbocycles. The van der Waals surface area contributed by atoms with Crippen LogP contribution in [-0.2, 0) is 0 Å². The van der Waals surface area contributed by atoms with Crippen LogP contribution in [0.3, 0.4) is 0 Å². The van der Waals surface area contributed by atoms with Gasteiger partial charge in [-0.05, 0) is 36.4 Å². The lowest BCUT2D eigenvalue weighted by atomic mass is 10.1. The molecule has 2 aliphatic heterocycles. The molecule has 0 saturated carbocycles. The maximum absolute atomic E-state index is 12.8. The van der Waals surface area contributed by atoms with Crippen LogP contribution in [0.15, 0.2) is 54.6 Å². The Balaban J connectivity index is 1.57. The van der Waals surface area contributed by atoms with E-state index in [-0.39, 0.29) is 43.9 Å². The zero-order valence-corrected chi connectivity index (χ0v) is 16.4. The van der Waals surface area contributed by atoms with Crippen molar-refractivity contribution in [3.05, 3.63) is 86.9 Å². The van der Waals surface area contributed by atoms with E-state index in [0.29, 0.717) is 0 Å². The van der Waals surface area contributed by atoms with Crippen molar-refractivity contribution >= 4 is 58.5 Å². The summed E-state index contributed by atoms with van der Waals surface area (Å²) in [6.07, 6.45) is 0. The van der Waals surface area contributed by atoms with Crippen molar-refractivity contribution < 1.29 is 19.2 Å². The normalized spacial score (nSPS) is 15.1. The van der Waals surface area contributed by atoms with E-state index in [9.17, 15) is 19.2 Å². The first-order chi connectivity index (χ1) is 14.4. The third-order valence-corrected chi connectivity index (χ3v) is 5.54. The van der Waals surface area contributed by atoms with E-state index in [2.05, 4.69) is 4.98 Å². The van der Waals surface area contributed by atoms with Gasteiger partial charge in [0.05, 0.1) is 32.3 Å². The number of nitrogens with zero attached hydrogens (tertiary/aromatic N) is 3. The molecule has 3 aromatic rings. The number of imide groups is 2. The second kappa shape index (κ2) is 6.48. The number of carbonyl (C=O) groups excluding carboxylic acids is 4. The van der Waals surface area contributed by atoms with Crippen LogP contribution in [0.2, 0.25) is 10.0 Å². The molecule has 0 atom stereocenters. The topological polar surface area (TPSA) is 87.7 Å². The number of fused-ring (bicyclic) bond motifs is 2. The van der Waals surface area contributed by atoms with Gasteiger partial charge in [-0.1, -0.05) is 41.4 Å². The highest BCUT2D eigenvalue weighted by molar-refractivity contribution is 6.43. The zero-order chi connectivity index (χ0) is 21.2. The predicted molar refractivity (Wildman–Crippen MR) is 109 cm³/mol. The summed E-state index contributed by atoms with van der Waals surface area (Å²) in [5, 5.41) is 0.305. The van der Waals surface area contributed by atoms with Crippen molar-refractivity contribution in [2.45, 2.75) is 0 Å². The van der Waals surface area contributed by atoms with Crippen molar-refractivity contribution in [1.82, 2.24) is 4.98 Å². The van der Waals surface area contributed by atoms with Gasteiger partial charge >= 0.3 is 0 Å². The lowest BCUT2D eigenvalue weighted by Crippen LogP contribution is -2.33. The van der Waals surface area contributed by atoms with Gasteiger partial charge in [-0.3, -0.25) is 19.2 Å². The molecule has 146 valence electrons. The summed E-state index contributed by atoms with van der Waals surface area (Å²) in [5.74, 6) is -2.50. The molecule has 3 heterocycles. The van der Waals surface area contributed by atoms with Crippen LogP contribution in [0.5, 0.6) is 0 Å². The number of hydrogen-bond acceptors (Lipinski definition) is 5. The molecule has 0 fully saturated rings. The number of hydrogen-bond donors (Lipinski definition) is 0. The Morgan fingerprint density at radius 1 is 0.567 bits per heavy atom. The summed E-state index contributed by atoms with van der Waals surface area (Å²) in [7, 11) is 0. The predicted octanol–water partition coefficient (Wildman–Crippen LogP) is 3.99. The highest BCUT2D eigenvalue weighted by Gasteiger charge is 2.41. The summed E-state index contributed by atoms with van der Waals surface area (Å²) >= 11 is 12.2. The Bertz CT molecular complexity index is 1220. The molecule has 4 amide bonds.